The van der Waals surface area contributed by atoms with Crippen LogP contribution in [0.3, 0.4) is 0 Å². The molecular weight excluding hydrogens is 422 g/mol. The molecule has 1 unspecified atom stereocenters. The van der Waals surface area contributed by atoms with Gasteiger partial charge in [0.05, 0.1) is 0 Å². The van der Waals surface area contributed by atoms with Crippen LogP contribution in [0.5, 0.6) is 5.75 Å². The Hall–Kier alpha value is -3.61. The predicted octanol–water partition coefficient (Wildman–Crippen LogP) is 4.59. The third kappa shape index (κ3) is 4.92. The number of aryl methyl sites for hydroxylation is 2. The number of carbonyl (C=O) groups excluding carboxylic acids is 2. The number of amides is 1. The minimum Gasteiger partial charge on any atom is -0.445 e. The first kappa shape index (κ1) is 22.6. The molecule has 7 heteroatoms. The number of alkyl carbamates (subject to hydrolysis) is 1. The molecule has 7 nitrogen and oxygen atoms in total. The SMILES string of the molecule is CCC(NC(=O)OCc1ccccc1)C(=O)Oc1ccc2c3c(c(=O)oc2c1C)CCCC3. The maximum atomic E-state index is 12.8. The highest BCUT2D eigenvalue weighted by atomic mass is 16.6. The van der Waals surface area contributed by atoms with Gasteiger partial charge in [-0.05, 0) is 62.3 Å². The van der Waals surface area contributed by atoms with E-state index in [1.165, 1.54) is 0 Å². The zero-order chi connectivity index (χ0) is 23.4. The Morgan fingerprint density at radius 2 is 1.79 bits per heavy atom. The molecule has 1 aromatic heterocycles. The molecule has 2 aromatic carbocycles. The molecule has 1 heterocycles. The molecule has 1 N–H and O–H groups in total. The fourth-order valence-electron chi connectivity index (χ4n) is 4.15. The molecule has 0 spiro atoms. The van der Waals surface area contributed by atoms with Crippen molar-refractivity contribution in [1.29, 1.82) is 0 Å². The summed E-state index contributed by atoms with van der Waals surface area (Å²) in [7, 11) is 0. The fourth-order valence-corrected chi connectivity index (χ4v) is 4.15. The van der Waals surface area contributed by atoms with Crippen LogP contribution in [0.2, 0.25) is 0 Å². The molecule has 0 radical (unpaired) electrons. The molecule has 3 aromatic rings. The van der Waals surface area contributed by atoms with E-state index in [0.717, 1.165) is 47.8 Å². The van der Waals surface area contributed by atoms with Crippen LogP contribution in [0, 0.1) is 6.92 Å². The monoisotopic (exact) mass is 449 g/mol. The van der Waals surface area contributed by atoms with Crippen molar-refractivity contribution in [2.24, 2.45) is 0 Å². The number of esters is 1. The first-order valence-electron chi connectivity index (χ1n) is 11.2. The summed E-state index contributed by atoms with van der Waals surface area (Å²) in [5.41, 5.74) is 3.32. The van der Waals surface area contributed by atoms with Gasteiger partial charge >= 0.3 is 17.7 Å². The fraction of sp³-hybridized carbons (Fsp3) is 0.346. The van der Waals surface area contributed by atoms with Gasteiger partial charge in [-0.25, -0.2) is 14.4 Å². The van der Waals surface area contributed by atoms with Crippen LogP contribution in [0.25, 0.3) is 11.0 Å². The summed E-state index contributed by atoms with van der Waals surface area (Å²) in [4.78, 5) is 37.4. The first-order valence-corrected chi connectivity index (χ1v) is 11.2. The highest BCUT2D eigenvalue weighted by Crippen LogP contribution is 2.32. The van der Waals surface area contributed by atoms with Crippen molar-refractivity contribution in [3.05, 3.63) is 75.1 Å². The molecule has 172 valence electrons. The Morgan fingerprint density at radius 1 is 1.06 bits per heavy atom. The van der Waals surface area contributed by atoms with Crippen molar-refractivity contribution in [2.75, 3.05) is 0 Å². The van der Waals surface area contributed by atoms with Crippen molar-refractivity contribution in [2.45, 2.75) is 58.6 Å². The predicted molar refractivity (Wildman–Crippen MR) is 123 cm³/mol. The Labute approximate surface area is 191 Å². The number of ether oxygens (including phenoxy) is 2. The summed E-state index contributed by atoms with van der Waals surface area (Å²) in [5, 5.41) is 3.44. The van der Waals surface area contributed by atoms with E-state index in [2.05, 4.69) is 5.32 Å². The molecule has 4 rings (SSSR count). The topological polar surface area (TPSA) is 94.8 Å². The largest absolute Gasteiger partial charge is 0.445 e. The minimum atomic E-state index is -0.876. The van der Waals surface area contributed by atoms with E-state index in [-0.39, 0.29) is 12.2 Å². The zero-order valence-corrected chi connectivity index (χ0v) is 18.8. The van der Waals surface area contributed by atoms with Gasteiger partial charge in [0.2, 0.25) is 0 Å². The third-order valence-electron chi connectivity index (χ3n) is 6.00. The summed E-state index contributed by atoms with van der Waals surface area (Å²) in [5.74, 6) is -0.318. The van der Waals surface area contributed by atoms with Crippen LogP contribution in [-0.2, 0) is 29.0 Å². The molecule has 1 aliphatic rings. The molecule has 1 amide bonds. The second kappa shape index (κ2) is 9.90. The second-order valence-electron chi connectivity index (χ2n) is 8.21. The van der Waals surface area contributed by atoms with Gasteiger partial charge in [-0.3, -0.25) is 0 Å². The molecule has 0 fully saturated rings. The summed E-state index contributed by atoms with van der Waals surface area (Å²) in [6.07, 6.45) is 3.21. The lowest BCUT2D eigenvalue weighted by Crippen LogP contribution is -2.42. The number of hydrogen-bond donors (Lipinski definition) is 1. The maximum Gasteiger partial charge on any atom is 0.408 e. The lowest BCUT2D eigenvalue weighted by Gasteiger charge is -2.19. The Kier molecular flexibility index (Phi) is 6.77. The number of benzene rings is 2. The van der Waals surface area contributed by atoms with E-state index in [1.54, 1.807) is 19.9 Å². The van der Waals surface area contributed by atoms with E-state index >= 15 is 0 Å². The third-order valence-corrected chi connectivity index (χ3v) is 6.00. The summed E-state index contributed by atoms with van der Waals surface area (Å²) in [6.45, 7) is 3.62. The minimum absolute atomic E-state index is 0.102. The van der Waals surface area contributed by atoms with Gasteiger partial charge in [-0.1, -0.05) is 37.3 Å². The van der Waals surface area contributed by atoms with Gasteiger partial charge in [-0.2, -0.15) is 0 Å². The van der Waals surface area contributed by atoms with Crippen molar-refractivity contribution in [3.63, 3.8) is 0 Å². The van der Waals surface area contributed by atoms with Crippen molar-refractivity contribution in [1.82, 2.24) is 5.32 Å². The average molecular weight is 450 g/mol. The van der Waals surface area contributed by atoms with Crippen LogP contribution < -0.4 is 15.7 Å². The number of fused-ring (bicyclic) bond motifs is 3. The maximum absolute atomic E-state index is 12.8. The second-order valence-corrected chi connectivity index (χ2v) is 8.21. The van der Waals surface area contributed by atoms with Gasteiger partial charge in [0.1, 0.15) is 24.0 Å². The lowest BCUT2D eigenvalue weighted by atomic mass is 9.90. The standard InChI is InChI=1S/C26H27NO6/c1-3-21(27-26(30)31-15-17-9-5-4-6-10-17)25(29)32-22-14-13-19-18-11-7-8-12-20(18)24(28)33-23(19)16(22)2/h4-6,9-10,13-14,21H,3,7-8,11-12,15H2,1-2H3,(H,27,30). The number of carbonyl (C=O) groups is 2. The highest BCUT2D eigenvalue weighted by molar-refractivity contribution is 5.88. The van der Waals surface area contributed by atoms with E-state index in [0.29, 0.717) is 23.3 Å². The first-order chi connectivity index (χ1) is 16.0. The van der Waals surface area contributed by atoms with E-state index in [1.807, 2.05) is 36.4 Å². The van der Waals surface area contributed by atoms with Crippen LogP contribution >= 0.6 is 0 Å². The molecule has 1 aliphatic carbocycles. The molecule has 33 heavy (non-hydrogen) atoms. The normalized spacial score (nSPS) is 13.8. The zero-order valence-electron chi connectivity index (χ0n) is 18.8. The van der Waals surface area contributed by atoms with Crippen molar-refractivity contribution in [3.8, 4) is 5.75 Å². The molecule has 0 saturated carbocycles. The van der Waals surface area contributed by atoms with Gasteiger partial charge in [0.25, 0.3) is 0 Å². The molecule has 0 bridgehead atoms. The number of rotatable bonds is 6. The lowest BCUT2D eigenvalue weighted by molar-refractivity contribution is -0.136. The van der Waals surface area contributed by atoms with Gasteiger partial charge in [0, 0.05) is 16.5 Å². The van der Waals surface area contributed by atoms with E-state index < -0.39 is 18.1 Å². The number of hydrogen-bond acceptors (Lipinski definition) is 6. The summed E-state index contributed by atoms with van der Waals surface area (Å²) < 4.78 is 16.4. The quantitative estimate of drug-likeness (QED) is 0.336. The van der Waals surface area contributed by atoms with Crippen LogP contribution in [0.15, 0.2) is 51.7 Å². The van der Waals surface area contributed by atoms with Crippen LogP contribution in [0.1, 0.15) is 48.4 Å². The van der Waals surface area contributed by atoms with Gasteiger partial charge in [-0.15, -0.1) is 0 Å². The number of nitrogens with one attached hydrogen (secondary N) is 1. The Morgan fingerprint density at radius 3 is 2.52 bits per heavy atom. The Balaban J connectivity index is 1.47. The van der Waals surface area contributed by atoms with Gasteiger partial charge in [0.15, 0.2) is 0 Å². The Bertz CT molecular complexity index is 1230. The highest BCUT2D eigenvalue weighted by Gasteiger charge is 2.24. The van der Waals surface area contributed by atoms with Crippen molar-refractivity contribution >= 4 is 23.0 Å². The average Bonchev–Trinajstić information content (AvgIpc) is 2.84. The van der Waals surface area contributed by atoms with Gasteiger partial charge < -0.3 is 19.2 Å². The van der Waals surface area contributed by atoms with Crippen LogP contribution in [0.4, 0.5) is 4.79 Å². The molecule has 0 aliphatic heterocycles. The summed E-state index contributed by atoms with van der Waals surface area (Å²) >= 11 is 0. The van der Waals surface area contributed by atoms with E-state index in [4.69, 9.17) is 13.9 Å². The molecule has 1 atom stereocenters. The van der Waals surface area contributed by atoms with Crippen molar-refractivity contribution < 1.29 is 23.5 Å². The molecule has 0 saturated heterocycles. The smallest absolute Gasteiger partial charge is 0.408 e. The van der Waals surface area contributed by atoms with Crippen LogP contribution in [-0.4, -0.2) is 18.1 Å². The molecular formula is C26H27NO6. The van der Waals surface area contributed by atoms with E-state index in [9.17, 15) is 14.4 Å². The summed E-state index contributed by atoms with van der Waals surface area (Å²) in [6, 6.07) is 11.9.